The largest absolute Gasteiger partial charge is 0.306 e. The maximum atomic E-state index is 10.3. The van der Waals surface area contributed by atoms with Gasteiger partial charge >= 0.3 is 11.1 Å². The first kappa shape index (κ1) is 7.87. The summed E-state index contributed by atoms with van der Waals surface area (Å²) < 4.78 is 0. The first-order chi connectivity index (χ1) is 4.04. The number of carbonyl (C=O) groups is 1. The maximum Gasteiger partial charge on any atom is 0.306 e. The summed E-state index contributed by atoms with van der Waals surface area (Å²) in [6, 6.07) is 0. The molecule has 0 unspecified atom stereocenters. The normalized spacial score (nSPS) is 9.22. The minimum atomic E-state index is -1.11. The molecule has 0 fully saturated rings. The summed E-state index contributed by atoms with van der Waals surface area (Å²) in [4.78, 5) is 23.4. The first-order valence-electron chi connectivity index (χ1n) is 2.40. The number of nitrogens with zero attached hydrogens (tertiary/aromatic N) is 1. The van der Waals surface area contributed by atoms with Gasteiger partial charge < -0.3 is 0 Å². The summed E-state index contributed by atoms with van der Waals surface area (Å²) in [6.07, 6.45) is 0. The van der Waals surface area contributed by atoms with Gasteiger partial charge in [-0.3, -0.25) is 4.79 Å². The van der Waals surface area contributed by atoms with Crippen molar-refractivity contribution in [3.8, 4) is 0 Å². The highest BCUT2D eigenvalue weighted by Crippen LogP contribution is 1.94. The van der Waals surface area contributed by atoms with Crippen molar-refractivity contribution in [2.24, 2.45) is 5.92 Å². The number of carbonyl (C=O) groups excluding carboxylic acids is 1. The van der Waals surface area contributed by atoms with Crippen LogP contribution in [0.2, 0.25) is 0 Å². The Morgan fingerprint density at radius 1 is 1.67 bits per heavy atom. The molecule has 0 spiro atoms. The molecule has 52 valence electrons. The minimum absolute atomic E-state index is 0.449. The van der Waals surface area contributed by atoms with E-state index in [0.717, 1.165) is 0 Å². The highest BCUT2D eigenvalue weighted by molar-refractivity contribution is 5.70. The van der Waals surface area contributed by atoms with E-state index < -0.39 is 17.0 Å². The highest BCUT2D eigenvalue weighted by Gasteiger charge is 2.10. The van der Waals surface area contributed by atoms with Crippen molar-refractivity contribution in [3.63, 3.8) is 0 Å². The molecule has 0 amide bonds. The van der Waals surface area contributed by atoms with Crippen LogP contribution in [0.3, 0.4) is 0 Å². The van der Waals surface area contributed by atoms with Gasteiger partial charge in [0.1, 0.15) is 0 Å². The SMILES string of the molecule is CC(C)C(=O)O[N+](=O)[O-]. The van der Waals surface area contributed by atoms with Crippen LogP contribution in [0.5, 0.6) is 0 Å². The fourth-order valence-corrected chi connectivity index (χ4v) is 0.179. The van der Waals surface area contributed by atoms with Gasteiger partial charge in [0.15, 0.2) is 0 Å². The number of hydrogen-bond acceptors (Lipinski definition) is 4. The van der Waals surface area contributed by atoms with Crippen LogP contribution >= 0.6 is 0 Å². The van der Waals surface area contributed by atoms with Crippen LogP contribution in [0.1, 0.15) is 13.8 Å². The van der Waals surface area contributed by atoms with Gasteiger partial charge in [0.05, 0.1) is 0 Å². The summed E-state index contributed by atoms with van der Waals surface area (Å²) in [6.45, 7) is 3.04. The van der Waals surface area contributed by atoms with Gasteiger partial charge in [0, 0.05) is 5.92 Å². The van der Waals surface area contributed by atoms with E-state index in [1.165, 1.54) is 13.8 Å². The van der Waals surface area contributed by atoms with E-state index in [9.17, 15) is 14.9 Å². The van der Waals surface area contributed by atoms with Gasteiger partial charge in [-0.05, 0) is 0 Å². The Balaban J connectivity index is 3.64. The number of rotatable bonds is 2. The Hall–Kier alpha value is -1.13. The van der Waals surface area contributed by atoms with Crippen LogP contribution in [-0.2, 0) is 9.63 Å². The number of hydrogen-bond donors (Lipinski definition) is 0. The quantitative estimate of drug-likeness (QED) is 0.403. The van der Waals surface area contributed by atoms with Crippen LogP contribution in [0.25, 0.3) is 0 Å². The van der Waals surface area contributed by atoms with Crippen LogP contribution < -0.4 is 0 Å². The lowest BCUT2D eigenvalue weighted by Gasteiger charge is -1.97. The van der Waals surface area contributed by atoms with Crippen molar-refractivity contribution in [1.82, 2.24) is 0 Å². The van der Waals surface area contributed by atoms with E-state index >= 15 is 0 Å². The van der Waals surface area contributed by atoms with E-state index in [1.54, 1.807) is 0 Å². The molecule has 0 aliphatic carbocycles. The molecular formula is C4H7NO4. The predicted molar refractivity (Wildman–Crippen MR) is 27.9 cm³/mol. The molecule has 0 saturated heterocycles. The molecule has 5 nitrogen and oxygen atoms in total. The molecule has 0 aromatic carbocycles. The zero-order valence-electron chi connectivity index (χ0n) is 5.16. The molecular weight excluding hydrogens is 126 g/mol. The molecule has 9 heavy (non-hydrogen) atoms. The molecule has 0 bridgehead atoms. The Morgan fingerprint density at radius 3 is 2.22 bits per heavy atom. The molecule has 0 aromatic rings. The van der Waals surface area contributed by atoms with Crippen LogP contribution in [-0.4, -0.2) is 11.1 Å². The summed E-state index contributed by atoms with van der Waals surface area (Å²) >= 11 is 0. The van der Waals surface area contributed by atoms with Gasteiger partial charge in [-0.1, -0.05) is 13.8 Å². The molecule has 0 rings (SSSR count). The molecule has 0 saturated carbocycles. The van der Waals surface area contributed by atoms with Crippen LogP contribution in [0, 0.1) is 16.0 Å². The highest BCUT2D eigenvalue weighted by atomic mass is 17.0. The zero-order valence-corrected chi connectivity index (χ0v) is 5.16. The molecule has 0 aromatic heterocycles. The molecule has 0 N–H and O–H groups in total. The fourth-order valence-electron chi connectivity index (χ4n) is 0.179. The second-order valence-corrected chi connectivity index (χ2v) is 1.79. The molecule has 5 heteroatoms. The summed E-state index contributed by atoms with van der Waals surface area (Å²) in [5, 5.41) is 8.37. The predicted octanol–water partition coefficient (Wildman–Crippen LogP) is 0.377. The van der Waals surface area contributed by atoms with E-state index in [2.05, 4.69) is 4.84 Å². The third kappa shape index (κ3) is 3.45. The lowest BCUT2D eigenvalue weighted by Crippen LogP contribution is -2.15. The Morgan fingerprint density at radius 2 is 2.11 bits per heavy atom. The van der Waals surface area contributed by atoms with E-state index in [1.807, 2.05) is 0 Å². The van der Waals surface area contributed by atoms with Crippen molar-refractivity contribution in [3.05, 3.63) is 10.1 Å². The van der Waals surface area contributed by atoms with Gasteiger partial charge in [-0.2, -0.15) is 0 Å². The molecule has 0 radical (unpaired) electrons. The summed E-state index contributed by atoms with van der Waals surface area (Å²) in [5.41, 5.74) is 0. The van der Waals surface area contributed by atoms with Gasteiger partial charge in [-0.25, -0.2) is 4.84 Å². The average Bonchev–Trinajstić information content (AvgIpc) is 1.63. The first-order valence-corrected chi connectivity index (χ1v) is 2.40. The Labute approximate surface area is 51.7 Å². The van der Waals surface area contributed by atoms with E-state index in [4.69, 9.17) is 0 Å². The lowest BCUT2D eigenvalue weighted by molar-refractivity contribution is -0.730. The van der Waals surface area contributed by atoms with Gasteiger partial charge in [-0.15, -0.1) is 10.1 Å². The topological polar surface area (TPSA) is 69.4 Å². The lowest BCUT2D eigenvalue weighted by atomic mass is 10.2. The maximum absolute atomic E-state index is 10.3. The Bertz CT molecular complexity index is 131. The van der Waals surface area contributed by atoms with Gasteiger partial charge in [0.25, 0.3) is 0 Å². The summed E-state index contributed by atoms with van der Waals surface area (Å²) in [7, 11) is 0. The molecule has 0 atom stereocenters. The molecule has 0 aliphatic rings. The standard InChI is InChI=1S/C4H7NO4/c1-3(2)4(6)9-5(7)8/h3H,1-2H3. The van der Waals surface area contributed by atoms with Crippen molar-refractivity contribution in [2.75, 3.05) is 0 Å². The van der Waals surface area contributed by atoms with Crippen LogP contribution in [0.15, 0.2) is 0 Å². The Kier molecular flexibility index (Phi) is 2.63. The van der Waals surface area contributed by atoms with Crippen LogP contribution in [0.4, 0.5) is 0 Å². The van der Waals surface area contributed by atoms with Gasteiger partial charge in [0.2, 0.25) is 0 Å². The summed E-state index contributed by atoms with van der Waals surface area (Å²) in [5.74, 6) is -1.27. The monoisotopic (exact) mass is 133 g/mol. The molecule has 0 heterocycles. The minimum Gasteiger partial charge on any atom is -0.268 e. The van der Waals surface area contributed by atoms with E-state index in [0.29, 0.717) is 0 Å². The van der Waals surface area contributed by atoms with Crippen molar-refractivity contribution in [2.45, 2.75) is 13.8 Å². The smallest absolute Gasteiger partial charge is 0.268 e. The van der Waals surface area contributed by atoms with Crippen molar-refractivity contribution in [1.29, 1.82) is 0 Å². The van der Waals surface area contributed by atoms with E-state index in [-0.39, 0.29) is 0 Å². The third-order valence-electron chi connectivity index (χ3n) is 0.636. The van der Waals surface area contributed by atoms with Crippen molar-refractivity contribution >= 4 is 5.97 Å². The fraction of sp³-hybridized carbons (Fsp3) is 0.750. The second kappa shape index (κ2) is 3.01. The second-order valence-electron chi connectivity index (χ2n) is 1.79. The third-order valence-corrected chi connectivity index (χ3v) is 0.636. The van der Waals surface area contributed by atoms with Crippen molar-refractivity contribution < 1.29 is 14.7 Å². The average molecular weight is 133 g/mol. The molecule has 0 aliphatic heterocycles. The zero-order chi connectivity index (χ0) is 7.44.